The second-order valence-corrected chi connectivity index (χ2v) is 3.33. The normalized spacial score (nSPS) is 11.2. The van der Waals surface area contributed by atoms with Gasteiger partial charge in [0.2, 0.25) is 0 Å². The zero-order valence-corrected chi connectivity index (χ0v) is 9.35. The largest absolute Gasteiger partial charge is 0.448 e. The van der Waals surface area contributed by atoms with Crippen LogP contribution >= 0.6 is 0 Å². The third-order valence-corrected chi connectivity index (χ3v) is 2.00. The molecule has 0 heterocycles. The molecule has 0 spiro atoms. The van der Waals surface area contributed by atoms with E-state index >= 15 is 0 Å². The van der Waals surface area contributed by atoms with Crippen LogP contribution in [0.25, 0.3) is 0 Å². The lowest BCUT2D eigenvalue weighted by Gasteiger charge is -2.01. The number of carbonyl (C=O) groups is 1. The zero-order valence-electron chi connectivity index (χ0n) is 9.35. The van der Waals surface area contributed by atoms with Gasteiger partial charge >= 0.3 is 6.09 Å². The molecule has 1 aromatic rings. The Kier molecular flexibility index (Phi) is 5.05. The number of benzene rings is 1. The second kappa shape index (κ2) is 6.61. The number of rotatable bonds is 4. The number of aliphatic imine (C=N–C) groups is 1. The predicted octanol–water partition coefficient (Wildman–Crippen LogP) is 2.33. The van der Waals surface area contributed by atoms with Gasteiger partial charge in [-0.15, -0.1) is 0 Å². The zero-order chi connectivity index (χ0) is 11.8. The van der Waals surface area contributed by atoms with E-state index in [-0.39, 0.29) is 5.84 Å². The molecule has 0 bridgehead atoms. The van der Waals surface area contributed by atoms with E-state index in [9.17, 15) is 4.79 Å². The van der Waals surface area contributed by atoms with E-state index in [1.54, 1.807) is 12.1 Å². The first-order chi connectivity index (χ1) is 7.74. The molecule has 1 amide bonds. The minimum absolute atomic E-state index is 0.182. The number of amides is 1. The summed E-state index contributed by atoms with van der Waals surface area (Å²) >= 11 is 0. The number of nitrogens with zero attached hydrogens (tertiary/aromatic N) is 1. The van der Waals surface area contributed by atoms with E-state index in [0.717, 1.165) is 18.4 Å². The Balaban J connectivity index is 2.53. The maximum absolute atomic E-state index is 11.2. The van der Waals surface area contributed by atoms with Gasteiger partial charge in [0.1, 0.15) is 5.84 Å². The third kappa shape index (κ3) is 4.13. The summed E-state index contributed by atoms with van der Waals surface area (Å²) in [5, 5.41) is 0. The van der Waals surface area contributed by atoms with Gasteiger partial charge in [-0.05, 0) is 6.42 Å². The van der Waals surface area contributed by atoms with Gasteiger partial charge in [0.05, 0.1) is 6.61 Å². The van der Waals surface area contributed by atoms with Crippen LogP contribution in [0.4, 0.5) is 4.79 Å². The lowest BCUT2D eigenvalue weighted by Crippen LogP contribution is -2.16. The highest BCUT2D eigenvalue weighted by Crippen LogP contribution is 1.99. The molecule has 0 aliphatic carbocycles. The Morgan fingerprint density at radius 1 is 1.38 bits per heavy atom. The first-order valence-corrected chi connectivity index (χ1v) is 5.30. The fourth-order valence-corrected chi connectivity index (χ4v) is 1.11. The number of carbonyl (C=O) groups excluding carboxylic acids is 1. The Morgan fingerprint density at radius 3 is 2.69 bits per heavy atom. The molecule has 0 aliphatic rings. The van der Waals surface area contributed by atoms with E-state index in [2.05, 4.69) is 4.99 Å². The Bertz CT molecular complexity index is 361. The summed E-state index contributed by atoms with van der Waals surface area (Å²) in [4.78, 5) is 14.9. The van der Waals surface area contributed by atoms with E-state index in [1.807, 2.05) is 25.1 Å². The molecule has 0 radical (unpaired) electrons. The van der Waals surface area contributed by atoms with Gasteiger partial charge in [-0.2, -0.15) is 4.99 Å². The summed E-state index contributed by atoms with van der Waals surface area (Å²) in [6, 6.07) is 9.12. The van der Waals surface area contributed by atoms with Crippen molar-refractivity contribution < 1.29 is 9.53 Å². The van der Waals surface area contributed by atoms with Gasteiger partial charge in [0.25, 0.3) is 0 Å². The summed E-state index contributed by atoms with van der Waals surface area (Å²) < 4.78 is 4.87. The van der Waals surface area contributed by atoms with Crippen molar-refractivity contribution in [2.24, 2.45) is 10.7 Å². The van der Waals surface area contributed by atoms with Gasteiger partial charge in [-0.1, -0.05) is 43.7 Å². The Labute approximate surface area is 95.1 Å². The standard InChI is InChI=1S/C12H16N2O2/c1-2-3-9-16-12(15)14-11(13)10-7-5-4-6-8-10/h4-8H,2-3,9H2,1H3,(H2,13,14,15). The molecule has 2 N–H and O–H groups in total. The van der Waals surface area contributed by atoms with Crippen molar-refractivity contribution in [3.63, 3.8) is 0 Å². The van der Waals surface area contributed by atoms with E-state index in [4.69, 9.17) is 10.5 Å². The molecule has 0 aliphatic heterocycles. The van der Waals surface area contributed by atoms with Crippen LogP contribution in [-0.2, 0) is 4.74 Å². The molecule has 0 saturated carbocycles. The predicted molar refractivity (Wildman–Crippen MR) is 63.4 cm³/mol. The fraction of sp³-hybridized carbons (Fsp3) is 0.333. The lowest BCUT2D eigenvalue weighted by molar-refractivity contribution is 0.155. The van der Waals surface area contributed by atoms with Crippen molar-refractivity contribution >= 4 is 11.9 Å². The highest BCUT2D eigenvalue weighted by molar-refractivity contribution is 6.02. The van der Waals surface area contributed by atoms with Crippen LogP contribution in [0, 0.1) is 0 Å². The molecule has 0 fully saturated rings. The van der Waals surface area contributed by atoms with E-state index in [1.165, 1.54) is 0 Å². The average molecular weight is 220 g/mol. The van der Waals surface area contributed by atoms with Crippen molar-refractivity contribution in [1.82, 2.24) is 0 Å². The van der Waals surface area contributed by atoms with Crippen LogP contribution in [0.5, 0.6) is 0 Å². The molecule has 1 rings (SSSR count). The minimum Gasteiger partial charge on any atom is -0.448 e. The molecule has 1 aromatic carbocycles. The molecule has 0 atom stereocenters. The van der Waals surface area contributed by atoms with Gasteiger partial charge in [-0.3, -0.25) is 0 Å². The summed E-state index contributed by atoms with van der Waals surface area (Å²) in [7, 11) is 0. The molecule has 0 unspecified atom stereocenters. The van der Waals surface area contributed by atoms with Crippen LogP contribution in [0.2, 0.25) is 0 Å². The number of ether oxygens (including phenoxy) is 1. The molecule has 4 nitrogen and oxygen atoms in total. The van der Waals surface area contributed by atoms with Crippen LogP contribution in [0.3, 0.4) is 0 Å². The highest BCUT2D eigenvalue weighted by atomic mass is 16.5. The number of hydrogen-bond donors (Lipinski definition) is 1. The van der Waals surface area contributed by atoms with Crippen molar-refractivity contribution in [3.05, 3.63) is 35.9 Å². The van der Waals surface area contributed by atoms with Gasteiger partial charge in [0.15, 0.2) is 0 Å². The van der Waals surface area contributed by atoms with Crippen molar-refractivity contribution in [2.45, 2.75) is 19.8 Å². The number of unbranched alkanes of at least 4 members (excludes halogenated alkanes) is 1. The SMILES string of the molecule is CCCCOC(=O)N=C(N)c1ccccc1. The number of amidine groups is 1. The molecule has 0 aromatic heterocycles. The minimum atomic E-state index is -0.630. The molecule has 86 valence electrons. The van der Waals surface area contributed by atoms with E-state index in [0.29, 0.717) is 6.61 Å². The summed E-state index contributed by atoms with van der Waals surface area (Å²) in [5.41, 5.74) is 6.37. The molecular weight excluding hydrogens is 204 g/mol. The summed E-state index contributed by atoms with van der Waals surface area (Å²) in [6.45, 7) is 2.41. The van der Waals surface area contributed by atoms with Gasteiger partial charge in [0, 0.05) is 5.56 Å². The number of nitrogens with two attached hydrogens (primary N) is 1. The maximum Gasteiger partial charge on any atom is 0.435 e. The van der Waals surface area contributed by atoms with Crippen LogP contribution in [0.1, 0.15) is 25.3 Å². The maximum atomic E-state index is 11.2. The topological polar surface area (TPSA) is 64.7 Å². The molecular formula is C12H16N2O2. The van der Waals surface area contributed by atoms with Gasteiger partial charge in [-0.25, -0.2) is 4.79 Å². The van der Waals surface area contributed by atoms with Crippen molar-refractivity contribution in [3.8, 4) is 0 Å². The molecule has 4 heteroatoms. The average Bonchev–Trinajstić information content (AvgIpc) is 2.30. The molecule has 16 heavy (non-hydrogen) atoms. The van der Waals surface area contributed by atoms with E-state index < -0.39 is 6.09 Å². The first-order valence-electron chi connectivity index (χ1n) is 5.30. The Morgan fingerprint density at radius 2 is 2.06 bits per heavy atom. The summed E-state index contributed by atoms with van der Waals surface area (Å²) in [5.74, 6) is 0.182. The highest BCUT2D eigenvalue weighted by Gasteiger charge is 2.02. The fourth-order valence-electron chi connectivity index (χ4n) is 1.11. The first kappa shape index (κ1) is 12.2. The lowest BCUT2D eigenvalue weighted by atomic mass is 10.2. The smallest absolute Gasteiger partial charge is 0.435 e. The molecule has 0 saturated heterocycles. The van der Waals surface area contributed by atoms with Crippen LogP contribution in [-0.4, -0.2) is 18.5 Å². The number of hydrogen-bond acceptors (Lipinski definition) is 2. The monoisotopic (exact) mass is 220 g/mol. The van der Waals surface area contributed by atoms with Crippen LogP contribution in [0.15, 0.2) is 35.3 Å². The van der Waals surface area contributed by atoms with Gasteiger partial charge < -0.3 is 10.5 Å². The second-order valence-electron chi connectivity index (χ2n) is 3.33. The third-order valence-electron chi connectivity index (χ3n) is 2.00. The summed E-state index contributed by atoms with van der Waals surface area (Å²) in [6.07, 6.45) is 1.19. The van der Waals surface area contributed by atoms with Crippen molar-refractivity contribution in [2.75, 3.05) is 6.61 Å². The Hall–Kier alpha value is -1.84. The van der Waals surface area contributed by atoms with Crippen LogP contribution < -0.4 is 5.73 Å². The quantitative estimate of drug-likeness (QED) is 0.481. The van der Waals surface area contributed by atoms with Crippen molar-refractivity contribution in [1.29, 1.82) is 0 Å².